The third kappa shape index (κ3) is 34.1. The summed E-state index contributed by atoms with van der Waals surface area (Å²) in [5.41, 5.74) is 0. The van der Waals surface area contributed by atoms with Crippen molar-refractivity contribution in [2.24, 2.45) is 0 Å². The summed E-state index contributed by atoms with van der Waals surface area (Å²) < 4.78 is 17.1. The number of quaternary nitrogens is 1. The van der Waals surface area contributed by atoms with Crippen molar-refractivity contribution < 1.29 is 38.2 Å². The number of hydrogen-bond donors (Lipinski definition) is 0. The molecule has 8 heteroatoms. The average Bonchev–Trinajstić information content (AvgIpc) is 3.09. The molecule has 0 saturated carbocycles. The maximum absolute atomic E-state index is 12.6. The van der Waals surface area contributed by atoms with E-state index in [1.165, 1.54) is 141 Å². The molecule has 0 spiro atoms. The van der Waals surface area contributed by atoms with Gasteiger partial charge in [0.05, 0.1) is 40.3 Å². The van der Waals surface area contributed by atoms with E-state index in [1.807, 2.05) is 0 Å². The van der Waals surface area contributed by atoms with Gasteiger partial charge in [-0.1, -0.05) is 181 Å². The molecule has 0 fully saturated rings. The lowest BCUT2D eigenvalue weighted by molar-refractivity contribution is -0.889. The van der Waals surface area contributed by atoms with Gasteiger partial charge in [-0.25, -0.2) is 0 Å². The predicted octanol–water partition coefficient (Wildman–Crippen LogP) is 10.4. The van der Waals surface area contributed by atoms with Crippen molar-refractivity contribution in [3.63, 3.8) is 0 Å². The maximum atomic E-state index is 12.6. The fourth-order valence-corrected chi connectivity index (χ4v) is 6.78. The Hall–Kier alpha value is -1.67. The molecule has 0 aliphatic heterocycles. The predicted molar refractivity (Wildman–Crippen MR) is 213 cm³/mol. The standard InChI is InChI=1S/C44H85NO7/c1-6-8-10-12-14-16-17-18-19-20-21-22-23-24-25-27-28-30-32-34-42(46)51-39-40(38-50-37-36-41(44(48)49)45(3,4)5)52-43(47)35-33-31-29-26-15-13-11-9-7-2/h40-41H,6-39H2,1-5H3. The molecule has 0 aromatic rings. The fourth-order valence-electron chi connectivity index (χ4n) is 6.78. The minimum atomic E-state index is -1.12. The van der Waals surface area contributed by atoms with Crippen molar-refractivity contribution >= 4 is 17.9 Å². The molecule has 0 aliphatic carbocycles. The van der Waals surface area contributed by atoms with Gasteiger partial charge >= 0.3 is 11.9 Å². The van der Waals surface area contributed by atoms with Crippen LogP contribution in [0.5, 0.6) is 0 Å². The van der Waals surface area contributed by atoms with Crippen molar-refractivity contribution in [2.75, 3.05) is 41.0 Å². The molecule has 308 valence electrons. The van der Waals surface area contributed by atoms with Crippen LogP contribution < -0.4 is 5.11 Å². The molecule has 0 aliphatic rings. The van der Waals surface area contributed by atoms with Crippen LogP contribution in [0.4, 0.5) is 0 Å². The summed E-state index contributed by atoms with van der Waals surface area (Å²) in [5.74, 6) is -1.72. The van der Waals surface area contributed by atoms with Gasteiger partial charge in [0.1, 0.15) is 12.6 Å². The lowest BCUT2D eigenvalue weighted by Gasteiger charge is -2.34. The fraction of sp³-hybridized carbons (Fsp3) is 0.932. The van der Waals surface area contributed by atoms with Crippen LogP contribution in [0.25, 0.3) is 0 Å². The molecule has 8 nitrogen and oxygen atoms in total. The van der Waals surface area contributed by atoms with Gasteiger partial charge in [-0.2, -0.15) is 0 Å². The van der Waals surface area contributed by atoms with Crippen molar-refractivity contribution in [1.82, 2.24) is 0 Å². The Bertz CT molecular complexity index is 828. The van der Waals surface area contributed by atoms with Gasteiger partial charge < -0.3 is 28.6 Å². The largest absolute Gasteiger partial charge is 0.544 e. The second-order valence-corrected chi connectivity index (χ2v) is 16.3. The number of hydrogen-bond acceptors (Lipinski definition) is 7. The molecule has 0 rings (SSSR count). The molecule has 2 unspecified atom stereocenters. The summed E-state index contributed by atoms with van der Waals surface area (Å²) in [4.78, 5) is 36.7. The van der Waals surface area contributed by atoms with Gasteiger partial charge in [-0.05, 0) is 12.8 Å². The first-order valence-corrected chi connectivity index (χ1v) is 22.1. The smallest absolute Gasteiger partial charge is 0.306 e. The second-order valence-electron chi connectivity index (χ2n) is 16.3. The molecule has 2 atom stereocenters. The normalized spacial score (nSPS) is 12.9. The topological polar surface area (TPSA) is 102 Å². The number of ether oxygens (including phenoxy) is 3. The Morgan fingerprint density at radius 1 is 0.500 bits per heavy atom. The minimum absolute atomic E-state index is 0.0486. The van der Waals surface area contributed by atoms with Crippen LogP contribution in [0.3, 0.4) is 0 Å². The third-order valence-electron chi connectivity index (χ3n) is 10.2. The summed E-state index contributed by atoms with van der Waals surface area (Å²) in [6.45, 7) is 4.67. The number of likely N-dealkylation sites (N-methyl/N-ethyl adjacent to an activating group) is 1. The zero-order valence-corrected chi connectivity index (χ0v) is 35.0. The van der Waals surface area contributed by atoms with Crippen LogP contribution in [0, 0.1) is 0 Å². The molecule has 0 saturated heterocycles. The minimum Gasteiger partial charge on any atom is -0.544 e. The van der Waals surface area contributed by atoms with Crippen molar-refractivity contribution in [3.05, 3.63) is 0 Å². The number of carboxylic acids is 1. The lowest BCUT2D eigenvalue weighted by atomic mass is 10.0. The van der Waals surface area contributed by atoms with E-state index in [1.54, 1.807) is 21.1 Å². The molecule has 52 heavy (non-hydrogen) atoms. The van der Waals surface area contributed by atoms with E-state index in [-0.39, 0.29) is 42.7 Å². The van der Waals surface area contributed by atoms with E-state index in [9.17, 15) is 19.5 Å². The van der Waals surface area contributed by atoms with Crippen LogP contribution in [0.2, 0.25) is 0 Å². The molecule has 0 aromatic carbocycles. The first-order valence-electron chi connectivity index (χ1n) is 22.1. The summed E-state index contributed by atoms with van der Waals surface area (Å²) in [7, 11) is 5.41. The van der Waals surface area contributed by atoms with Crippen LogP contribution in [-0.4, -0.2) is 75.5 Å². The van der Waals surface area contributed by atoms with Crippen LogP contribution >= 0.6 is 0 Å². The molecule has 0 N–H and O–H groups in total. The third-order valence-corrected chi connectivity index (χ3v) is 10.2. The number of carbonyl (C=O) groups excluding carboxylic acids is 3. The SMILES string of the molecule is CCCCCCCCCCCCCCCCCCCCCC(=O)OCC(COCCC(C(=O)[O-])[N+](C)(C)C)OC(=O)CCCCCCCCCCC. The first kappa shape index (κ1) is 50.3. The molecular formula is C44H85NO7. The Labute approximate surface area is 321 Å². The zero-order chi connectivity index (χ0) is 38.5. The quantitative estimate of drug-likeness (QED) is 0.0350. The van der Waals surface area contributed by atoms with E-state index in [0.717, 1.165) is 38.5 Å². The number of nitrogens with zero attached hydrogens (tertiary/aromatic N) is 1. The monoisotopic (exact) mass is 740 g/mol. The number of carboxylic acid groups (broad SMARTS) is 1. The highest BCUT2D eigenvalue weighted by molar-refractivity contribution is 5.70. The highest BCUT2D eigenvalue weighted by atomic mass is 16.6. The molecule has 0 heterocycles. The van der Waals surface area contributed by atoms with Crippen molar-refractivity contribution in [2.45, 2.75) is 225 Å². The van der Waals surface area contributed by atoms with Gasteiger partial charge in [0.2, 0.25) is 0 Å². The number of carbonyl (C=O) groups is 3. The van der Waals surface area contributed by atoms with E-state index >= 15 is 0 Å². The summed E-state index contributed by atoms with van der Waals surface area (Å²) in [6, 6.07) is -0.718. The first-order chi connectivity index (χ1) is 25.1. The van der Waals surface area contributed by atoms with Gasteiger partial charge in [-0.3, -0.25) is 9.59 Å². The van der Waals surface area contributed by atoms with Crippen molar-refractivity contribution in [3.8, 4) is 0 Å². The van der Waals surface area contributed by atoms with E-state index in [0.29, 0.717) is 12.8 Å². The van der Waals surface area contributed by atoms with Crippen LogP contribution in [0.1, 0.15) is 213 Å². The average molecular weight is 740 g/mol. The van der Waals surface area contributed by atoms with E-state index in [4.69, 9.17) is 14.2 Å². The molecule has 0 amide bonds. The summed E-state index contributed by atoms with van der Waals surface area (Å²) in [5, 5.41) is 11.6. The molecule has 0 radical (unpaired) electrons. The Balaban J connectivity index is 4.18. The van der Waals surface area contributed by atoms with Crippen LogP contribution in [-0.2, 0) is 28.6 Å². The molecule has 0 aromatic heterocycles. The number of unbranched alkanes of at least 4 members (excludes halogenated alkanes) is 26. The highest BCUT2D eigenvalue weighted by Crippen LogP contribution is 2.16. The Kier molecular flexibility index (Phi) is 35.1. The van der Waals surface area contributed by atoms with E-state index in [2.05, 4.69) is 13.8 Å². The maximum Gasteiger partial charge on any atom is 0.306 e. The second kappa shape index (κ2) is 36.3. The number of esters is 2. The zero-order valence-electron chi connectivity index (χ0n) is 35.0. The summed E-state index contributed by atoms with van der Waals surface area (Å²) >= 11 is 0. The number of rotatable bonds is 40. The highest BCUT2D eigenvalue weighted by Gasteiger charge is 2.25. The van der Waals surface area contributed by atoms with Gasteiger partial charge in [0.25, 0.3) is 0 Å². The summed E-state index contributed by atoms with van der Waals surface area (Å²) in [6.07, 6.45) is 35.6. The Morgan fingerprint density at radius 2 is 0.846 bits per heavy atom. The lowest BCUT2D eigenvalue weighted by Crippen LogP contribution is -2.55. The van der Waals surface area contributed by atoms with Crippen molar-refractivity contribution in [1.29, 1.82) is 0 Å². The van der Waals surface area contributed by atoms with Gasteiger partial charge in [0.15, 0.2) is 6.10 Å². The Morgan fingerprint density at radius 3 is 1.19 bits per heavy atom. The van der Waals surface area contributed by atoms with Gasteiger partial charge in [-0.15, -0.1) is 0 Å². The van der Waals surface area contributed by atoms with Gasteiger partial charge in [0, 0.05) is 19.3 Å². The van der Waals surface area contributed by atoms with E-state index < -0.39 is 18.1 Å². The number of aliphatic carboxylic acids is 1. The molecular weight excluding hydrogens is 654 g/mol. The van der Waals surface area contributed by atoms with Crippen LogP contribution in [0.15, 0.2) is 0 Å². The molecule has 0 bridgehead atoms.